The van der Waals surface area contributed by atoms with Gasteiger partial charge in [-0.15, -0.1) is 11.3 Å². The fourth-order valence-corrected chi connectivity index (χ4v) is 3.32. The quantitative estimate of drug-likeness (QED) is 0.753. The van der Waals surface area contributed by atoms with Crippen LogP contribution < -0.4 is 5.32 Å². The van der Waals surface area contributed by atoms with Crippen LogP contribution in [0.4, 0.5) is 5.69 Å². The average molecular weight is 372 g/mol. The van der Waals surface area contributed by atoms with Crippen molar-refractivity contribution < 1.29 is 14.4 Å². The van der Waals surface area contributed by atoms with Gasteiger partial charge in [-0.3, -0.25) is 14.4 Å². The van der Waals surface area contributed by atoms with Crippen molar-refractivity contribution in [2.45, 2.75) is 33.6 Å². The standard InChI is InChI=1S/C20H24N2O3S/c1-13-5-6-14(2)16(11-13)21-19(24)12-22(4)20(25)10-8-17(23)18-9-7-15(3)26-18/h5-7,9,11H,8,10,12H2,1-4H3,(H,21,24). The molecule has 138 valence electrons. The molecular weight excluding hydrogens is 348 g/mol. The lowest BCUT2D eigenvalue weighted by Gasteiger charge is -2.17. The van der Waals surface area contributed by atoms with Crippen LogP contribution in [-0.2, 0) is 9.59 Å². The van der Waals surface area contributed by atoms with Crippen molar-refractivity contribution in [1.82, 2.24) is 4.90 Å². The van der Waals surface area contributed by atoms with Gasteiger partial charge >= 0.3 is 0 Å². The van der Waals surface area contributed by atoms with Crippen LogP contribution in [0.25, 0.3) is 0 Å². The molecule has 6 heteroatoms. The van der Waals surface area contributed by atoms with Crippen molar-refractivity contribution in [1.29, 1.82) is 0 Å². The van der Waals surface area contributed by atoms with Crippen molar-refractivity contribution in [2.75, 3.05) is 18.9 Å². The van der Waals surface area contributed by atoms with Crippen LogP contribution in [0, 0.1) is 20.8 Å². The molecule has 0 saturated carbocycles. The lowest BCUT2D eigenvalue weighted by Crippen LogP contribution is -2.35. The van der Waals surface area contributed by atoms with E-state index in [1.807, 2.05) is 45.0 Å². The average Bonchev–Trinajstić information content (AvgIpc) is 3.02. The molecule has 1 aromatic heterocycles. The highest BCUT2D eigenvalue weighted by Gasteiger charge is 2.16. The lowest BCUT2D eigenvalue weighted by molar-refractivity contribution is -0.133. The van der Waals surface area contributed by atoms with Gasteiger partial charge < -0.3 is 10.2 Å². The Balaban J connectivity index is 1.83. The first kappa shape index (κ1) is 19.8. The monoisotopic (exact) mass is 372 g/mol. The van der Waals surface area contributed by atoms with Gasteiger partial charge in [0.2, 0.25) is 11.8 Å². The fraction of sp³-hybridized carbons (Fsp3) is 0.350. The molecule has 26 heavy (non-hydrogen) atoms. The van der Waals surface area contributed by atoms with Crippen LogP contribution in [0.1, 0.15) is 38.5 Å². The van der Waals surface area contributed by atoms with Gasteiger partial charge in [0.25, 0.3) is 0 Å². The van der Waals surface area contributed by atoms with Gasteiger partial charge in [0.1, 0.15) is 0 Å². The zero-order chi connectivity index (χ0) is 19.3. The molecule has 1 heterocycles. The molecule has 0 saturated heterocycles. The number of carbonyl (C=O) groups is 3. The van der Waals surface area contributed by atoms with Gasteiger partial charge in [-0.1, -0.05) is 12.1 Å². The number of hydrogen-bond donors (Lipinski definition) is 1. The SMILES string of the molecule is Cc1ccc(C)c(NC(=O)CN(C)C(=O)CCC(=O)c2ccc(C)s2)c1. The predicted molar refractivity (Wildman–Crippen MR) is 105 cm³/mol. The smallest absolute Gasteiger partial charge is 0.243 e. The normalized spacial score (nSPS) is 10.5. The fourth-order valence-electron chi connectivity index (χ4n) is 2.48. The summed E-state index contributed by atoms with van der Waals surface area (Å²) < 4.78 is 0. The number of ketones is 1. The summed E-state index contributed by atoms with van der Waals surface area (Å²) >= 11 is 1.43. The molecule has 0 atom stereocenters. The number of rotatable bonds is 7. The Bertz CT molecular complexity index is 826. The first-order chi connectivity index (χ1) is 12.3. The Labute approximate surface area is 158 Å². The van der Waals surface area contributed by atoms with E-state index in [1.165, 1.54) is 16.2 Å². The molecule has 0 unspecified atom stereocenters. The van der Waals surface area contributed by atoms with Gasteiger partial charge in [0, 0.05) is 30.5 Å². The molecule has 2 rings (SSSR count). The van der Waals surface area contributed by atoms with Gasteiger partial charge in [-0.25, -0.2) is 0 Å². The van der Waals surface area contributed by atoms with Crippen molar-refractivity contribution in [3.05, 3.63) is 51.2 Å². The highest BCUT2D eigenvalue weighted by atomic mass is 32.1. The molecular formula is C20H24N2O3S. The van der Waals surface area contributed by atoms with E-state index < -0.39 is 0 Å². The van der Waals surface area contributed by atoms with E-state index in [1.54, 1.807) is 13.1 Å². The first-order valence-corrected chi connectivity index (χ1v) is 9.28. The minimum Gasteiger partial charge on any atom is -0.336 e. The van der Waals surface area contributed by atoms with Crippen LogP contribution in [0.5, 0.6) is 0 Å². The minimum atomic E-state index is -0.255. The second-order valence-electron chi connectivity index (χ2n) is 6.45. The zero-order valence-electron chi connectivity index (χ0n) is 15.6. The third kappa shape index (κ3) is 5.52. The van der Waals surface area contributed by atoms with Crippen molar-refractivity contribution in [3.63, 3.8) is 0 Å². The summed E-state index contributed by atoms with van der Waals surface area (Å²) in [5.41, 5.74) is 2.77. The molecule has 0 aliphatic carbocycles. The van der Waals surface area contributed by atoms with Gasteiger partial charge in [0.15, 0.2) is 5.78 Å². The maximum Gasteiger partial charge on any atom is 0.243 e. The summed E-state index contributed by atoms with van der Waals surface area (Å²) in [6, 6.07) is 9.50. The minimum absolute atomic E-state index is 0.0373. The maximum atomic E-state index is 12.2. The number of nitrogens with zero attached hydrogens (tertiary/aromatic N) is 1. The number of carbonyl (C=O) groups excluding carboxylic acids is 3. The summed E-state index contributed by atoms with van der Waals surface area (Å²) in [5.74, 6) is -0.512. The summed E-state index contributed by atoms with van der Waals surface area (Å²) in [6.45, 7) is 5.77. The largest absolute Gasteiger partial charge is 0.336 e. The number of anilines is 1. The second-order valence-corrected chi connectivity index (χ2v) is 7.74. The molecule has 0 spiro atoms. The Morgan fingerprint density at radius 1 is 1.04 bits per heavy atom. The topological polar surface area (TPSA) is 66.5 Å². The summed E-state index contributed by atoms with van der Waals surface area (Å²) in [4.78, 5) is 39.5. The summed E-state index contributed by atoms with van der Waals surface area (Å²) in [5, 5.41) is 2.83. The van der Waals surface area contributed by atoms with E-state index >= 15 is 0 Å². The molecule has 2 aromatic rings. The molecule has 0 aliphatic heterocycles. The molecule has 0 fully saturated rings. The third-order valence-corrected chi connectivity index (χ3v) is 5.10. The van der Waals surface area contributed by atoms with E-state index in [-0.39, 0.29) is 37.0 Å². The highest BCUT2D eigenvalue weighted by Crippen LogP contribution is 2.18. The number of aryl methyl sites for hydroxylation is 3. The third-order valence-electron chi connectivity index (χ3n) is 4.05. The number of amides is 2. The van der Waals surface area contributed by atoms with E-state index in [4.69, 9.17) is 0 Å². The van der Waals surface area contributed by atoms with Crippen LogP contribution in [-0.4, -0.2) is 36.1 Å². The van der Waals surface area contributed by atoms with E-state index in [9.17, 15) is 14.4 Å². The van der Waals surface area contributed by atoms with Crippen LogP contribution in [0.3, 0.4) is 0 Å². The van der Waals surface area contributed by atoms with Crippen LogP contribution in [0.2, 0.25) is 0 Å². The second kappa shape index (κ2) is 8.76. The maximum absolute atomic E-state index is 12.2. The Morgan fingerprint density at radius 2 is 1.77 bits per heavy atom. The van der Waals surface area contributed by atoms with Gasteiger partial charge in [0.05, 0.1) is 11.4 Å². The first-order valence-electron chi connectivity index (χ1n) is 8.47. The molecule has 0 bridgehead atoms. The van der Waals surface area contributed by atoms with Crippen LogP contribution >= 0.6 is 11.3 Å². The van der Waals surface area contributed by atoms with Gasteiger partial charge in [-0.05, 0) is 50.1 Å². The number of nitrogens with one attached hydrogen (secondary N) is 1. The number of Topliss-reactive ketones (excluding diaryl/α,β-unsaturated/α-hetero) is 1. The Hall–Kier alpha value is -2.47. The Morgan fingerprint density at radius 3 is 2.42 bits per heavy atom. The summed E-state index contributed by atoms with van der Waals surface area (Å²) in [6.07, 6.45) is 0.255. The number of hydrogen-bond acceptors (Lipinski definition) is 4. The number of likely N-dealkylation sites (N-methyl/N-ethyl adjacent to an activating group) is 1. The predicted octanol–water partition coefficient (Wildman–Crippen LogP) is 3.73. The Kier molecular flexibility index (Phi) is 6.69. The molecule has 5 nitrogen and oxygen atoms in total. The van der Waals surface area contributed by atoms with E-state index in [0.29, 0.717) is 4.88 Å². The molecule has 2 amide bonds. The van der Waals surface area contributed by atoms with Crippen molar-refractivity contribution in [3.8, 4) is 0 Å². The number of benzene rings is 1. The van der Waals surface area contributed by atoms with Gasteiger partial charge in [-0.2, -0.15) is 0 Å². The lowest BCUT2D eigenvalue weighted by atomic mass is 10.1. The van der Waals surface area contributed by atoms with E-state index in [2.05, 4.69) is 5.32 Å². The molecule has 1 N–H and O–H groups in total. The zero-order valence-corrected chi connectivity index (χ0v) is 16.4. The van der Waals surface area contributed by atoms with E-state index in [0.717, 1.165) is 21.7 Å². The highest BCUT2D eigenvalue weighted by molar-refractivity contribution is 7.14. The molecule has 1 aromatic carbocycles. The van der Waals surface area contributed by atoms with Crippen LogP contribution in [0.15, 0.2) is 30.3 Å². The molecule has 0 aliphatic rings. The van der Waals surface area contributed by atoms with Crippen molar-refractivity contribution >= 4 is 34.6 Å². The molecule has 0 radical (unpaired) electrons. The number of thiophene rings is 1. The summed E-state index contributed by atoms with van der Waals surface area (Å²) in [7, 11) is 1.57. The van der Waals surface area contributed by atoms with Crippen molar-refractivity contribution in [2.24, 2.45) is 0 Å².